The fourth-order valence-corrected chi connectivity index (χ4v) is 5.46. The molecule has 0 aliphatic carbocycles. The van der Waals surface area contributed by atoms with Crippen LogP contribution in [0.15, 0.2) is 70.8 Å². The van der Waals surface area contributed by atoms with Gasteiger partial charge in [-0.15, -0.1) is 0 Å². The van der Waals surface area contributed by atoms with Gasteiger partial charge in [-0.05, 0) is 0 Å². The van der Waals surface area contributed by atoms with Crippen molar-refractivity contribution in [2.75, 3.05) is 35.5 Å². The van der Waals surface area contributed by atoms with Gasteiger partial charge in [0, 0.05) is 0 Å². The van der Waals surface area contributed by atoms with Crippen molar-refractivity contribution in [3.63, 3.8) is 0 Å². The van der Waals surface area contributed by atoms with Crippen LogP contribution in [0, 0.1) is 0 Å². The number of methoxy groups -OCH3 is 4. The van der Waals surface area contributed by atoms with Gasteiger partial charge < -0.3 is 0 Å². The fourth-order valence-electron chi connectivity index (χ4n) is 3.72. The summed E-state index contributed by atoms with van der Waals surface area (Å²) in [5, 5.41) is 4.29. The molecule has 192 valence electrons. The molecular formula is C28H28N2O6Se. The van der Waals surface area contributed by atoms with E-state index in [1.807, 2.05) is 60.7 Å². The van der Waals surface area contributed by atoms with E-state index in [0.29, 0.717) is 41.1 Å². The quantitative estimate of drug-likeness (QED) is 0.146. The molecule has 0 amide bonds. The van der Waals surface area contributed by atoms with E-state index in [9.17, 15) is 0 Å². The van der Waals surface area contributed by atoms with Crippen LogP contribution in [0.4, 0.5) is 0 Å². The second-order valence-electron chi connectivity index (χ2n) is 7.71. The van der Waals surface area contributed by atoms with E-state index in [2.05, 4.69) is 10.1 Å². The van der Waals surface area contributed by atoms with Crippen LogP contribution in [0.1, 0.15) is 15.7 Å². The molecule has 0 saturated carbocycles. The van der Waals surface area contributed by atoms with Gasteiger partial charge in [-0.1, -0.05) is 0 Å². The molecule has 0 N–H and O–H groups in total. The standard InChI is InChI=1S/C28H28N2O6Se/c1-31-22-12-11-19(13-23(22)36-16-18-9-7-6-8-10-18)21-17-37-28(29-21)26(30-35-5)20-14-24(32-2)27(34-4)25(15-20)33-3/h6-15,17H,16H2,1-5H3/b30-26-. The molecule has 0 aliphatic heterocycles. The average molecular weight is 568 g/mol. The number of nitrogens with zero attached hydrogens (tertiary/aromatic N) is 2. The molecule has 0 radical (unpaired) electrons. The number of aromatic nitrogens is 1. The molecule has 37 heavy (non-hydrogen) atoms. The second kappa shape index (κ2) is 12.3. The van der Waals surface area contributed by atoms with Crippen molar-refractivity contribution in [2.24, 2.45) is 5.16 Å². The first kappa shape index (κ1) is 26.1. The first-order valence-corrected chi connectivity index (χ1v) is 13.2. The maximum absolute atomic E-state index is 6.09. The molecule has 8 nitrogen and oxygen atoms in total. The van der Waals surface area contributed by atoms with Crippen LogP contribution < -0.4 is 23.7 Å². The van der Waals surface area contributed by atoms with E-state index < -0.39 is 0 Å². The number of hydrogen-bond acceptors (Lipinski definition) is 8. The first-order valence-electron chi connectivity index (χ1n) is 11.3. The second-order valence-corrected chi connectivity index (χ2v) is 9.51. The number of ether oxygens (including phenoxy) is 5. The van der Waals surface area contributed by atoms with Crippen LogP contribution in [0.25, 0.3) is 11.3 Å². The molecule has 0 atom stereocenters. The Labute approximate surface area is 222 Å². The Kier molecular flexibility index (Phi) is 8.72. The average Bonchev–Trinajstić information content (AvgIpc) is 3.44. The summed E-state index contributed by atoms with van der Waals surface area (Å²) in [6.07, 6.45) is 0. The number of benzene rings is 3. The van der Waals surface area contributed by atoms with Gasteiger partial charge in [0.25, 0.3) is 0 Å². The molecule has 0 bridgehead atoms. The third-order valence-corrected chi connectivity index (χ3v) is 7.31. The zero-order valence-corrected chi connectivity index (χ0v) is 23.0. The van der Waals surface area contributed by atoms with Crippen LogP contribution in [0.2, 0.25) is 0 Å². The van der Waals surface area contributed by atoms with Crippen molar-refractivity contribution in [3.05, 3.63) is 81.3 Å². The van der Waals surface area contributed by atoms with E-state index in [0.717, 1.165) is 27.0 Å². The number of hydrogen-bond donors (Lipinski definition) is 0. The van der Waals surface area contributed by atoms with E-state index in [1.54, 1.807) is 28.4 Å². The van der Waals surface area contributed by atoms with Gasteiger partial charge in [0.15, 0.2) is 0 Å². The molecule has 0 unspecified atom stereocenters. The van der Waals surface area contributed by atoms with Crippen LogP contribution in [0.5, 0.6) is 28.7 Å². The molecule has 4 aromatic rings. The van der Waals surface area contributed by atoms with Crippen molar-refractivity contribution in [1.29, 1.82) is 0 Å². The fraction of sp³-hybridized carbons (Fsp3) is 0.214. The predicted octanol–water partition coefficient (Wildman–Crippen LogP) is 4.82. The molecule has 3 aromatic carbocycles. The minimum atomic E-state index is -0.0852. The zero-order chi connectivity index (χ0) is 26.2. The van der Waals surface area contributed by atoms with E-state index in [1.165, 1.54) is 7.11 Å². The Morgan fingerprint density at radius 2 is 1.49 bits per heavy atom. The van der Waals surface area contributed by atoms with E-state index in [4.69, 9.17) is 33.5 Å². The van der Waals surface area contributed by atoms with Crippen LogP contribution in [-0.2, 0) is 11.4 Å². The molecule has 9 heteroatoms. The number of oxime groups is 1. The monoisotopic (exact) mass is 568 g/mol. The molecular weight excluding hydrogens is 539 g/mol. The number of rotatable bonds is 11. The Balaban J connectivity index is 1.67. The third-order valence-electron chi connectivity index (χ3n) is 5.52. The normalized spacial score (nSPS) is 11.1. The van der Waals surface area contributed by atoms with Gasteiger partial charge in [-0.2, -0.15) is 0 Å². The van der Waals surface area contributed by atoms with Crippen molar-refractivity contribution in [1.82, 2.24) is 4.98 Å². The van der Waals surface area contributed by atoms with Crippen molar-refractivity contribution < 1.29 is 28.5 Å². The molecule has 0 fully saturated rings. The zero-order valence-electron chi connectivity index (χ0n) is 21.3. The van der Waals surface area contributed by atoms with E-state index in [-0.39, 0.29) is 14.5 Å². The van der Waals surface area contributed by atoms with Crippen LogP contribution in [0.3, 0.4) is 0 Å². The summed E-state index contributed by atoms with van der Waals surface area (Å²) < 4.78 is 28.9. The molecule has 4 rings (SSSR count). The molecule has 0 aliphatic rings. The topological polar surface area (TPSA) is 80.6 Å². The molecule has 1 heterocycles. The van der Waals surface area contributed by atoms with Crippen LogP contribution >= 0.6 is 0 Å². The summed E-state index contributed by atoms with van der Waals surface area (Å²) in [5.41, 5.74) is 4.17. The predicted molar refractivity (Wildman–Crippen MR) is 143 cm³/mol. The van der Waals surface area contributed by atoms with Gasteiger partial charge in [0.1, 0.15) is 0 Å². The maximum atomic E-state index is 6.09. The van der Waals surface area contributed by atoms with Crippen molar-refractivity contribution >= 4 is 20.2 Å². The summed E-state index contributed by atoms with van der Waals surface area (Å²) in [4.78, 5) is 12.2. The SMILES string of the molecule is CO/N=C(/c1cc(OC)c(OC)c(OC)c1)c1nc(-c2ccc(OC)c(OCc3ccccc3)c2)c[se]1. The molecule has 0 saturated heterocycles. The Morgan fingerprint density at radius 3 is 2.11 bits per heavy atom. The van der Waals surface area contributed by atoms with Gasteiger partial charge in [0.05, 0.1) is 0 Å². The third kappa shape index (κ3) is 5.90. The van der Waals surface area contributed by atoms with Crippen LogP contribution in [-0.4, -0.2) is 60.7 Å². The summed E-state index contributed by atoms with van der Waals surface area (Å²) in [5.74, 6) is 2.86. The minimum absolute atomic E-state index is 0.0852. The van der Waals surface area contributed by atoms with E-state index >= 15 is 0 Å². The van der Waals surface area contributed by atoms with Gasteiger partial charge in [-0.25, -0.2) is 0 Å². The summed E-state index contributed by atoms with van der Waals surface area (Å²) in [7, 11) is 7.85. The summed E-state index contributed by atoms with van der Waals surface area (Å²) >= 11 is -0.0852. The molecule has 1 aromatic heterocycles. The Hall–Kier alpha value is -3.94. The Morgan fingerprint density at radius 1 is 0.784 bits per heavy atom. The first-order chi connectivity index (χ1) is 18.1. The van der Waals surface area contributed by atoms with Gasteiger partial charge in [-0.3, -0.25) is 0 Å². The summed E-state index contributed by atoms with van der Waals surface area (Å²) in [6, 6.07) is 19.5. The molecule has 0 spiro atoms. The van der Waals surface area contributed by atoms with Gasteiger partial charge in [0.2, 0.25) is 0 Å². The van der Waals surface area contributed by atoms with Crippen molar-refractivity contribution in [2.45, 2.75) is 6.61 Å². The Bertz CT molecular complexity index is 1350. The summed E-state index contributed by atoms with van der Waals surface area (Å²) in [6.45, 7) is 0.434. The van der Waals surface area contributed by atoms with Crippen molar-refractivity contribution in [3.8, 4) is 40.0 Å². The van der Waals surface area contributed by atoms with Gasteiger partial charge >= 0.3 is 222 Å².